The summed E-state index contributed by atoms with van der Waals surface area (Å²) in [5.41, 5.74) is 1.24. The fraction of sp³-hybridized carbons (Fsp3) is 0.647. The van der Waals surface area contributed by atoms with Gasteiger partial charge < -0.3 is 15.0 Å². The van der Waals surface area contributed by atoms with E-state index in [4.69, 9.17) is 4.74 Å². The molecule has 0 spiro atoms. The summed E-state index contributed by atoms with van der Waals surface area (Å²) in [7, 11) is 3.85. The Kier molecular flexibility index (Phi) is 5.72. The molecule has 3 nitrogen and oxygen atoms in total. The van der Waals surface area contributed by atoms with Gasteiger partial charge in [0.05, 0.1) is 7.11 Å². The normalized spacial score (nSPS) is 22.6. The largest absolute Gasteiger partial charge is 0.497 e. The third-order valence-electron chi connectivity index (χ3n) is 4.41. The van der Waals surface area contributed by atoms with Crippen LogP contribution in [0.15, 0.2) is 24.3 Å². The smallest absolute Gasteiger partial charge is 0.119 e. The molecule has 0 amide bonds. The monoisotopic (exact) mass is 276 g/mol. The average Bonchev–Trinajstić information content (AvgIpc) is 2.49. The molecule has 0 aliphatic heterocycles. The van der Waals surface area contributed by atoms with Crippen molar-refractivity contribution in [2.75, 3.05) is 32.1 Å². The van der Waals surface area contributed by atoms with Gasteiger partial charge in [0.1, 0.15) is 5.75 Å². The molecule has 0 heterocycles. The number of nitrogens with zero attached hydrogens (tertiary/aromatic N) is 1. The molecule has 1 aliphatic carbocycles. The van der Waals surface area contributed by atoms with Crippen molar-refractivity contribution in [2.24, 2.45) is 5.92 Å². The van der Waals surface area contributed by atoms with Crippen molar-refractivity contribution < 1.29 is 4.74 Å². The first-order chi connectivity index (χ1) is 9.69. The predicted molar refractivity (Wildman–Crippen MR) is 85.7 cm³/mol. The maximum atomic E-state index is 5.19. The Hall–Kier alpha value is -1.22. The minimum atomic E-state index is 0.732. The summed E-state index contributed by atoms with van der Waals surface area (Å²) in [4.78, 5) is 2.29. The molecule has 2 rings (SSSR count). The van der Waals surface area contributed by atoms with E-state index in [9.17, 15) is 0 Å². The van der Waals surface area contributed by atoms with E-state index in [1.165, 1.54) is 31.4 Å². The van der Waals surface area contributed by atoms with Crippen LogP contribution in [-0.2, 0) is 0 Å². The van der Waals surface area contributed by atoms with Gasteiger partial charge in [0, 0.05) is 31.9 Å². The second kappa shape index (κ2) is 7.53. The summed E-state index contributed by atoms with van der Waals surface area (Å²) in [6, 6.07) is 8.99. The van der Waals surface area contributed by atoms with Gasteiger partial charge in [-0.15, -0.1) is 0 Å². The van der Waals surface area contributed by atoms with E-state index in [1.54, 1.807) is 7.11 Å². The van der Waals surface area contributed by atoms with E-state index in [1.807, 2.05) is 12.1 Å². The number of nitrogens with one attached hydrogen (secondary N) is 1. The summed E-state index contributed by atoms with van der Waals surface area (Å²) in [5.74, 6) is 1.84. The number of anilines is 1. The molecule has 0 radical (unpaired) electrons. The minimum Gasteiger partial charge on any atom is -0.497 e. The highest BCUT2D eigenvalue weighted by molar-refractivity contribution is 5.48. The second-order valence-corrected chi connectivity index (χ2v) is 6.03. The molecule has 0 aromatic heterocycles. The highest BCUT2D eigenvalue weighted by atomic mass is 16.5. The van der Waals surface area contributed by atoms with Gasteiger partial charge in [0.2, 0.25) is 0 Å². The van der Waals surface area contributed by atoms with Crippen LogP contribution in [0.3, 0.4) is 0 Å². The molecule has 0 atom stereocenters. The maximum absolute atomic E-state index is 5.19. The molecule has 1 fully saturated rings. The number of likely N-dealkylation sites (N-methyl/N-ethyl adjacent to an activating group) is 1. The lowest BCUT2D eigenvalue weighted by atomic mass is 9.87. The lowest BCUT2D eigenvalue weighted by Gasteiger charge is -2.28. The zero-order valence-corrected chi connectivity index (χ0v) is 13.1. The van der Waals surface area contributed by atoms with Crippen LogP contribution in [0.1, 0.15) is 32.6 Å². The van der Waals surface area contributed by atoms with E-state index >= 15 is 0 Å². The summed E-state index contributed by atoms with van der Waals surface area (Å²) >= 11 is 0. The minimum absolute atomic E-state index is 0.732. The first-order valence-corrected chi connectivity index (χ1v) is 7.77. The number of benzene rings is 1. The molecule has 0 unspecified atom stereocenters. The van der Waals surface area contributed by atoms with Crippen LogP contribution in [0.5, 0.6) is 5.75 Å². The Bertz CT molecular complexity index is 382. The van der Waals surface area contributed by atoms with E-state index in [0.29, 0.717) is 0 Å². The van der Waals surface area contributed by atoms with Crippen molar-refractivity contribution in [1.29, 1.82) is 0 Å². The van der Waals surface area contributed by atoms with Gasteiger partial charge in [0.25, 0.3) is 0 Å². The third kappa shape index (κ3) is 4.41. The highest BCUT2D eigenvalue weighted by Crippen LogP contribution is 2.23. The first kappa shape index (κ1) is 15.2. The van der Waals surface area contributed by atoms with E-state index < -0.39 is 0 Å². The van der Waals surface area contributed by atoms with Gasteiger partial charge in [-0.05, 0) is 55.9 Å². The van der Waals surface area contributed by atoms with Gasteiger partial charge in [-0.25, -0.2) is 0 Å². The summed E-state index contributed by atoms with van der Waals surface area (Å²) < 4.78 is 5.19. The number of hydrogen-bond acceptors (Lipinski definition) is 3. The first-order valence-electron chi connectivity index (χ1n) is 7.77. The Morgan fingerprint density at radius 2 is 1.80 bits per heavy atom. The van der Waals surface area contributed by atoms with Crippen LogP contribution < -0.4 is 15.0 Å². The Balaban J connectivity index is 1.70. The topological polar surface area (TPSA) is 24.5 Å². The summed E-state index contributed by atoms with van der Waals surface area (Å²) in [6.45, 7) is 4.47. The molecule has 20 heavy (non-hydrogen) atoms. The Morgan fingerprint density at radius 3 is 2.40 bits per heavy atom. The molecule has 0 saturated heterocycles. The summed E-state index contributed by atoms with van der Waals surface area (Å²) in [5, 5.41) is 3.70. The van der Waals surface area contributed by atoms with Crippen molar-refractivity contribution in [3.63, 3.8) is 0 Å². The molecular formula is C17H28N2O. The van der Waals surface area contributed by atoms with Crippen molar-refractivity contribution in [1.82, 2.24) is 5.32 Å². The number of methoxy groups -OCH3 is 1. The molecule has 1 saturated carbocycles. The number of hydrogen-bond donors (Lipinski definition) is 1. The molecule has 1 aromatic carbocycles. The second-order valence-electron chi connectivity index (χ2n) is 6.03. The van der Waals surface area contributed by atoms with Crippen molar-refractivity contribution in [2.45, 2.75) is 38.6 Å². The lowest BCUT2D eigenvalue weighted by molar-refractivity contribution is 0.309. The zero-order valence-electron chi connectivity index (χ0n) is 13.1. The quantitative estimate of drug-likeness (QED) is 0.863. The van der Waals surface area contributed by atoms with Gasteiger partial charge >= 0.3 is 0 Å². The third-order valence-corrected chi connectivity index (χ3v) is 4.41. The standard InChI is InChI=1S/C17H28N2O/c1-14-4-6-15(7-5-14)18-12-13-19(2)16-8-10-17(20-3)11-9-16/h8-11,14-15,18H,4-7,12-13H2,1-3H3. The maximum Gasteiger partial charge on any atom is 0.119 e. The van der Waals surface area contributed by atoms with E-state index in [2.05, 4.69) is 36.3 Å². The van der Waals surface area contributed by atoms with E-state index in [-0.39, 0.29) is 0 Å². The molecule has 1 N–H and O–H groups in total. The van der Waals surface area contributed by atoms with Crippen LogP contribution in [0.25, 0.3) is 0 Å². The fourth-order valence-corrected chi connectivity index (χ4v) is 2.87. The van der Waals surface area contributed by atoms with Crippen LogP contribution in [0, 0.1) is 5.92 Å². The van der Waals surface area contributed by atoms with Gasteiger partial charge in [-0.3, -0.25) is 0 Å². The average molecular weight is 276 g/mol. The summed E-state index contributed by atoms with van der Waals surface area (Å²) in [6.07, 6.45) is 5.44. The molecule has 1 aliphatic rings. The molecule has 3 heteroatoms. The van der Waals surface area contributed by atoms with Crippen LogP contribution in [0.2, 0.25) is 0 Å². The van der Waals surface area contributed by atoms with Crippen molar-refractivity contribution in [3.05, 3.63) is 24.3 Å². The molecule has 1 aromatic rings. The fourth-order valence-electron chi connectivity index (χ4n) is 2.87. The predicted octanol–water partition coefficient (Wildman–Crippen LogP) is 3.30. The van der Waals surface area contributed by atoms with Crippen LogP contribution >= 0.6 is 0 Å². The van der Waals surface area contributed by atoms with Crippen LogP contribution in [-0.4, -0.2) is 33.3 Å². The van der Waals surface area contributed by atoms with Gasteiger partial charge in [-0.1, -0.05) is 6.92 Å². The van der Waals surface area contributed by atoms with Gasteiger partial charge in [-0.2, -0.15) is 0 Å². The number of ether oxygens (including phenoxy) is 1. The molecular weight excluding hydrogens is 248 g/mol. The van der Waals surface area contributed by atoms with Crippen molar-refractivity contribution >= 4 is 5.69 Å². The highest BCUT2D eigenvalue weighted by Gasteiger charge is 2.17. The van der Waals surface area contributed by atoms with Gasteiger partial charge in [0.15, 0.2) is 0 Å². The number of rotatable bonds is 6. The zero-order chi connectivity index (χ0) is 14.4. The molecule has 112 valence electrons. The Labute approximate surface area is 123 Å². The van der Waals surface area contributed by atoms with Crippen LogP contribution in [0.4, 0.5) is 5.69 Å². The van der Waals surface area contributed by atoms with E-state index in [0.717, 1.165) is 30.8 Å². The Morgan fingerprint density at radius 1 is 1.15 bits per heavy atom. The lowest BCUT2D eigenvalue weighted by Crippen LogP contribution is -2.37. The SMILES string of the molecule is COc1ccc(N(C)CCNC2CCC(C)CC2)cc1. The molecule has 0 bridgehead atoms. The van der Waals surface area contributed by atoms with Crippen molar-refractivity contribution in [3.8, 4) is 5.75 Å².